The first-order chi connectivity index (χ1) is 16.2. The molecule has 2 amide bonds. The number of benzene rings is 3. The van der Waals surface area contributed by atoms with Gasteiger partial charge in [-0.05, 0) is 60.1 Å². The van der Waals surface area contributed by atoms with Gasteiger partial charge in [-0.2, -0.15) is 0 Å². The van der Waals surface area contributed by atoms with Gasteiger partial charge in [-0.3, -0.25) is 4.79 Å². The van der Waals surface area contributed by atoms with Gasteiger partial charge >= 0.3 is 6.09 Å². The van der Waals surface area contributed by atoms with Crippen LogP contribution in [-0.4, -0.2) is 29.5 Å². The molecule has 1 aliphatic heterocycles. The molecule has 5 heteroatoms. The van der Waals surface area contributed by atoms with E-state index in [1.807, 2.05) is 59.5 Å². The van der Waals surface area contributed by atoms with Crippen LogP contribution in [0, 0.1) is 0 Å². The molecule has 0 bridgehead atoms. The Morgan fingerprint density at radius 2 is 1.67 bits per heavy atom. The van der Waals surface area contributed by atoms with Crippen molar-refractivity contribution >= 4 is 12.0 Å². The van der Waals surface area contributed by atoms with E-state index in [2.05, 4.69) is 29.6 Å². The molecule has 3 aromatic carbocycles. The van der Waals surface area contributed by atoms with E-state index in [1.54, 1.807) is 0 Å². The number of hydrogen-bond donors (Lipinski definition) is 1. The summed E-state index contributed by atoms with van der Waals surface area (Å²) in [6.45, 7) is 0.991. The largest absolute Gasteiger partial charge is 0.445 e. The summed E-state index contributed by atoms with van der Waals surface area (Å²) in [5.41, 5.74) is 4.84. The van der Waals surface area contributed by atoms with Gasteiger partial charge in [0.1, 0.15) is 6.61 Å². The Bertz CT molecular complexity index is 1120. The number of nitrogens with one attached hydrogen (secondary N) is 1. The highest BCUT2D eigenvalue weighted by atomic mass is 16.6. The van der Waals surface area contributed by atoms with Gasteiger partial charge in [0.25, 0.3) is 5.91 Å². The zero-order valence-corrected chi connectivity index (χ0v) is 18.6. The first-order valence-corrected chi connectivity index (χ1v) is 11.7. The zero-order valence-electron chi connectivity index (χ0n) is 18.6. The average Bonchev–Trinajstić information content (AvgIpc) is 3.54. The second-order valence-corrected chi connectivity index (χ2v) is 8.84. The zero-order chi connectivity index (χ0) is 22.6. The monoisotopic (exact) mass is 440 g/mol. The van der Waals surface area contributed by atoms with E-state index in [4.69, 9.17) is 4.74 Å². The van der Waals surface area contributed by atoms with Gasteiger partial charge in [0.05, 0.1) is 6.04 Å². The van der Waals surface area contributed by atoms with E-state index in [0.29, 0.717) is 18.2 Å². The minimum Gasteiger partial charge on any atom is -0.445 e. The van der Waals surface area contributed by atoms with Gasteiger partial charge < -0.3 is 15.0 Å². The second-order valence-electron chi connectivity index (χ2n) is 8.84. The Morgan fingerprint density at radius 1 is 0.879 bits per heavy atom. The molecule has 1 saturated heterocycles. The van der Waals surface area contributed by atoms with Crippen LogP contribution in [0.3, 0.4) is 0 Å². The number of amides is 2. The van der Waals surface area contributed by atoms with Crippen molar-refractivity contribution in [2.24, 2.45) is 0 Å². The first-order valence-electron chi connectivity index (χ1n) is 11.7. The Hall–Kier alpha value is -3.60. The Morgan fingerprint density at radius 3 is 2.42 bits per heavy atom. The number of ether oxygens (including phenoxy) is 1. The Labute approximate surface area is 194 Å². The minimum atomic E-state index is -0.264. The minimum absolute atomic E-state index is 0.00779. The smallest absolute Gasteiger partial charge is 0.410 e. The van der Waals surface area contributed by atoms with Gasteiger partial charge in [-0.25, -0.2) is 4.79 Å². The summed E-state index contributed by atoms with van der Waals surface area (Å²) in [6, 6.07) is 26.2. The lowest BCUT2D eigenvalue weighted by atomic mass is 9.98. The maximum absolute atomic E-state index is 12.7. The van der Waals surface area contributed by atoms with Crippen LogP contribution in [0.1, 0.15) is 53.2 Å². The molecule has 1 saturated carbocycles. The van der Waals surface area contributed by atoms with Crippen molar-refractivity contribution in [3.8, 4) is 11.1 Å². The van der Waals surface area contributed by atoms with Crippen molar-refractivity contribution in [1.82, 2.24) is 10.2 Å². The molecular formula is C28H28N2O3. The van der Waals surface area contributed by atoms with Crippen molar-refractivity contribution in [2.45, 2.75) is 44.4 Å². The molecule has 1 heterocycles. The van der Waals surface area contributed by atoms with Gasteiger partial charge in [0.2, 0.25) is 0 Å². The molecule has 0 unspecified atom stereocenters. The summed E-state index contributed by atoms with van der Waals surface area (Å²) >= 11 is 0. The number of hydrogen-bond acceptors (Lipinski definition) is 3. The molecule has 5 rings (SSSR count). The maximum atomic E-state index is 12.7. The lowest BCUT2D eigenvalue weighted by Gasteiger charge is -2.24. The summed E-state index contributed by atoms with van der Waals surface area (Å²) in [4.78, 5) is 27.0. The van der Waals surface area contributed by atoms with Crippen LogP contribution in [-0.2, 0) is 11.3 Å². The molecule has 1 aliphatic carbocycles. The fraction of sp³-hybridized carbons (Fsp3) is 0.286. The third kappa shape index (κ3) is 5.08. The highest BCUT2D eigenvalue weighted by Crippen LogP contribution is 2.34. The fourth-order valence-corrected chi connectivity index (χ4v) is 4.37. The summed E-state index contributed by atoms with van der Waals surface area (Å²) in [5, 5.41) is 3.04. The summed E-state index contributed by atoms with van der Waals surface area (Å²) in [5.74, 6) is -0.00779. The molecule has 0 aromatic heterocycles. The molecular weight excluding hydrogens is 412 g/mol. The van der Waals surface area contributed by atoms with Gasteiger partial charge in [-0.1, -0.05) is 66.7 Å². The number of carbonyl (C=O) groups excluding carboxylic acids is 2. The Kier molecular flexibility index (Phi) is 6.11. The van der Waals surface area contributed by atoms with Crippen LogP contribution < -0.4 is 5.32 Å². The van der Waals surface area contributed by atoms with E-state index in [1.165, 1.54) is 0 Å². The highest BCUT2D eigenvalue weighted by Gasteiger charge is 2.31. The number of rotatable bonds is 6. The SMILES string of the molecule is O=C(NC1CC1)c1cccc(-c2ccc([C@@H]3CCCN3C(=O)OCc3ccccc3)cc2)c1. The molecule has 0 spiro atoms. The third-order valence-corrected chi connectivity index (χ3v) is 6.36. The summed E-state index contributed by atoms with van der Waals surface area (Å²) < 4.78 is 5.57. The van der Waals surface area contributed by atoms with E-state index < -0.39 is 0 Å². The number of nitrogens with zero attached hydrogens (tertiary/aromatic N) is 1. The molecule has 2 fully saturated rings. The standard InChI is InChI=1S/C28H28N2O3/c31-27(29-25-15-16-25)24-9-4-8-23(18-24)21-11-13-22(14-12-21)26-10-5-17-30(26)28(32)33-19-20-6-2-1-3-7-20/h1-4,6-9,11-14,18,25-26H,5,10,15-17,19H2,(H,29,31)/t26-/m0/s1. The van der Waals surface area contributed by atoms with E-state index >= 15 is 0 Å². The second kappa shape index (κ2) is 9.49. The molecule has 168 valence electrons. The molecule has 0 radical (unpaired) electrons. The first kappa shape index (κ1) is 21.3. The van der Waals surface area contributed by atoms with Crippen LogP contribution >= 0.6 is 0 Å². The van der Waals surface area contributed by atoms with Crippen LogP contribution in [0.25, 0.3) is 11.1 Å². The van der Waals surface area contributed by atoms with E-state index in [9.17, 15) is 9.59 Å². The molecule has 5 nitrogen and oxygen atoms in total. The van der Waals surface area contributed by atoms with E-state index in [-0.39, 0.29) is 24.6 Å². The van der Waals surface area contributed by atoms with Crippen LogP contribution in [0.2, 0.25) is 0 Å². The van der Waals surface area contributed by atoms with Crippen molar-refractivity contribution in [3.63, 3.8) is 0 Å². The van der Waals surface area contributed by atoms with Crippen molar-refractivity contribution in [2.75, 3.05) is 6.54 Å². The molecule has 2 aliphatic rings. The van der Waals surface area contributed by atoms with Crippen LogP contribution in [0.4, 0.5) is 4.79 Å². The molecule has 33 heavy (non-hydrogen) atoms. The lowest BCUT2D eigenvalue weighted by molar-refractivity contribution is 0.0919. The highest BCUT2D eigenvalue weighted by molar-refractivity contribution is 5.95. The average molecular weight is 441 g/mol. The lowest BCUT2D eigenvalue weighted by Crippen LogP contribution is -2.31. The quantitative estimate of drug-likeness (QED) is 0.533. The predicted octanol–water partition coefficient (Wildman–Crippen LogP) is 5.72. The maximum Gasteiger partial charge on any atom is 0.410 e. The normalized spacial score (nSPS) is 17.6. The third-order valence-electron chi connectivity index (χ3n) is 6.36. The summed E-state index contributed by atoms with van der Waals surface area (Å²) in [7, 11) is 0. The topological polar surface area (TPSA) is 58.6 Å². The number of carbonyl (C=O) groups is 2. The fourth-order valence-electron chi connectivity index (χ4n) is 4.37. The van der Waals surface area contributed by atoms with Crippen molar-refractivity contribution < 1.29 is 14.3 Å². The van der Waals surface area contributed by atoms with E-state index in [0.717, 1.165) is 47.9 Å². The summed E-state index contributed by atoms with van der Waals surface area (Å²) in [6.07, 6.45) is 3.77. The molecule has 1 N–H and O–H groups in total. The van der Waals surface area contributed by atoms with Gasteiger partial charge in [0.15, 0.2) is 0 Å². The molecule has 3 aromatic rings. The predicted molar refractivity (Wildman–Crippen MR) is 128 cm³/mol. The van der Waals surface area contributed by atoms with Crippen molar-refractivity contribution in [1.29, 1.82) is 0 Å². The van der Waals surface area contributed by atoms with Crippen molar-refractivity contribution in [3.05, 3.63) is 95.6 Å². The molecule has 1 atom stereocenters. The van der Waals surface area contributed by atoms with Gasteiger partial charge in [-0.15, -0.1) is 0 Å². The number of likely N-dealkylation sites (tertiary alicyclic amines) is 1. The Balaban J connectivity index is 1.25. The van der Waals surface area contributed by atoms with Crippen LogP contribution in [0.5, 0.6) is 0 Å². The van der Waals surface area contributed by atoms with Crippen LogP contribution in [0.15, 0.2) is 78.9 Å². The van der Waals surface area contributed by atoms with Gasteiger partial charge in [0, 0.05) is 18.2 Å².